The second-order valence-electron chi connectivity index (χ2n) is 3.82. The molecule has 0 aliphatic heterocycles. The molecule has 20 heavy (non-hydrogen) atoms. The van der Waals surface area contributed by atoms with Gasteiger partial charge in [-0.25, -0.2) is 14.2 Å². The first-order valence-electron chi connectivity index (χ1n) is 6.00. The van der Waals surface area contributed by atoms with Gasteiger partial charge in [0.2, 0.25) is 0 Å². The number of ether oxygens (including phenoxy) is 2. The van der Waals surface area contributed by atoms with Crippen LogP contribution in [0.1, 0.15) is 17.3 Å². The Morgan fingerprint density at radius 3 is 2.75 bits per heavy atom. The highest BCUT2D eigenvalue weighted by Crippen LogP contribution is 2.26. The number of halogens is 1. The van der Waals surface area contributed by atoms with Crippen LogP contribution in [0.3, 0.4) is 0 Å². The zero-order valence-electron chi connectivity index (χ0n) is 11.1. The molecule has 0 N–H and O–H groups in total. The van der Waals surface area contributed by atoms with Crippen LogP contribution in [0, 0.1) is 5.82 Å². The number of methoxy groups -OCH3 is 1. The molecular weight excluding hydrogens is 263 g/mol. The molecular formula is C14H13FN2O3. The normalized spacial score (nSPS) is 10.2. The van der Waals surface area contributed by atoms with Gasteiger partial charge in [0.1, 0.15) is 11.4 Å². The molecule has 1 aromatic carbocycles. The predicted molar refractivity (Wildman–Crippen MR) is 69.9 cm³/mol. The van der Waals surface area contributed by atoms with Gasteiger partial charge in [0.25, 0.3) is 0 Å². The average molecular weight is 276 g/mol. The van der Waals surface area contributed by atoms with Crippen LogP contribution >= 0.6 is 0 Å². The number of carbonyl (C=O) groups is 1. The van der Waals surface area contributed by atoms with E-state index in [0.29, 0.717) is 0 Å². The van der Waals surface area contributed by atoms with Gasteiger partial charge in [-0.15, -0.1) is 0 Å². The van der Waals surface area contributed by atoms with Gasteiger partial charge >= 0.3 is 12.0 Å². The smallest absolute Gasteiger partial charge is 0.341 e. The molecule has 0 fully saturated rings. The standard InChI is InChI=1S/C14H13FN2O3/c1-3-20-13(18)10-8-16-14(19-2)17-12(10)9-6-4-5-7-11(9)15/h4-8H,3H2,1-2H3. The third kappa shape index (κ3) is 2.74. The van der Waals surface area contributed by atoms with Crippen molar-refractivity contribution < 1.29 is 18.7 Å². The lowest BCUT2D eigenvalue weighted by atomic mass is 10.1. The van der Waals surface area contributed by atoms with Crippen molar-refractivity contribution in [3.8, 4) is 17.3 Å². The number of benzene rings is 1. The number of rotatable bonds is 4. The van der Waals surface area contributed by atoms with Crippen molar-refractivity contribution in [3.05, 3.63) is 41.8 Å². The number of nitrogens with zero attached hydrogens (tertiary/aromatic N) is 2. The van der Waals surface area contributed by atoms with Crippen LogP contribution in [0.5, 0.6) is 6.01 Å². The summed E-state index contributed by atoms with van der Waals surface area (Å²) < 4.78 is 23.7. The lowest BCUT2D eigenvalue weighted by Crippen LogP contribution is -2.09. The molecule has 0 aliphatic carbocycles. The Hall–Kier alpha value is -2.50. The minimum Gasteiger partial charge on any atom is -0.467 e. The van der Waals surface area contributed by atoms with Gasteiger partial charge in [0.15, 0.2) is 0 Å². The number of carbonyl (C=O) groups excluding carboxylic acids is 1. The largest absolute Gasteiger partial charge is 0.467 e. The van der Waals surface area contributed by atoms with Crippen LogP contribution in [-0.4, -0.2) is 29.7 Å². The summed E-state index contributed by atoms with van der Waals surface area (Å²) in [6.45, 7) is 1.90. The van der Waals surface area contributed by atoms with Crippen molar-refractivity contribution in [2.45, 2.75) is 6.92 Å². The highest BCUT2D eigenvalue weighted by atomic mass is 19.1. The van der Waals surface area contributed by atoms with Crippen LogP contribution < -0.4 is 4.74 Å². The summed E-state index contributed by atoms with van der Waals surface area (Å²) in [5.74, 6) is -1.09. The van der Waals surface area contributed by atoms with E-state index in [1.807, 2.05) is 0 Å². The Labute approximate surface area is 115 Å². The molecule has 6 heteroatoms. The Morgan fingerprint density at radius 2 is 2.10 bits per heavy atom. The molecule has 5 nitrogen and oxygen atoms in total. The van der Waals surface area contributed by atoms with Crippen molar-refractivity contribution in [1.29, 1.82) is 0 Å². The first-order valence-corrected chi connectivity index (χ1v) is 6.00. The molecule has 2 aromatic rings. The maximum atomic E-state index is 13.9. The third-order valence-electron chi connectivity index (χ3n) is 2.57. The summed E-state index contributed by atoms with van der Waals surface area (Å²) in [5, 5.41) is 0. The van der Waals surface area contributed by atoms with Crippen LogP contribution in [0.15, 0.2) is 30.5 Å². The highest BCUT2D eigenvalue weighted by Gasteiger charge is 2.19. The molecule has 0 unspecified atom stereocenters. The summed E-state index contributed by atoms with van der Waals surface area (Å²) in [5.41, 5.74) is 0.433. The molecule has 1 heterocycles. The Kier molecular flexibility index (Phi) is 4.24. The van der Waals surface area contributed by atoms with Gasteiger partial charge in [-0.3, -0.25) is 0 Å². The molecule has 0 saturated carbocycles. The van der Waals surface area contributed by atoms with Crippen molar-refractivity contribution >= 4 is 5.97 Å². The molecule has 0 atom stereocenters. The maximum absolute atomic E-state index is 13.9. The quantitative estimate of drug-likeness (QED) is 0.803. The number of hydrogen-bond donors (Lipinski definition) is 0. The minimum atomic E-state index is -0.603. The molecule has 0 amide bonds. The minimum absolute atomic E-state index is 0.0521. The highest BCUT2D eigenvalue weighted by molar-refractivity contribution is 5.95. The SMILES string of the molecule is CCOC(=O)c1cnc(OC)nc1-c1ccccc1F. The fraction of sp³-hybridized carbons (Fsp3) is 0.214. The van der Waals surface area contributed by atoms with Crippen molar-refractivity contribution in [2.75, 3.05) is 13.7 Å². The van der Waals surface area contributed by atoms with Crippen molar-refractivity contribution in [3.63, 3.8) is 0 Å². The summed E-state index contributed by atoms with van der Waals surface area (Å²) >= 11 is 0. The number of aromatic nitrogens is 2. The van der Waals surface area contributed by atoms with E-state index in [-0.39, 0.29) is 29.4 Å². The van der Waals surface area contributed by atoms with E-state index in [4.69, 9.17) is 9.47 Å². The topological polar surface area (TPSA) is 61.3 Å². The van der Waals surface area contributed by atoms with Crippen molar-refractivity contribution in [1.82, 2.24) is 9.97 Å². The zero-order valence-corrected chi connectivity index (χ0v) is 11.1. The summed E-state index contributed by atoms with van der Waals surface area (Å²) in [7, 11) is 1.39. The van der Waals surface area contributed by atoms with E-state index in [2.05, 4.69) is 9.97 Å². The van der Waals surface area contributed by atoms with Crippen LogP contribution in [0.25, 0.3) is 11.3 Å². The first kappa shape index (κ1) is 13.9. The van der Waals surface area contributed by atoms with E-state index >= 15 is 0 Å². The van der Waals surface area contributed by atoms with E-state index in [9.17, 15) is 9.18 Å². The maximum Gasteiger partial charge on any atom is 0.341 e. The van der Waals surface area contributed by atoms with E-state index < -0.39 is 11.8 Å². The molecule has 2 rings (SSSR count). The lowest BCUT2D eigenvalue weighted by molar-refractivity contribution is 0.0526. The fourth-order valence-electron chi connectivity index (χ4n) is 1.68. The number of hydrogen-bond acceptors (Lipinski definition) is 5. The van der Waals surface area contributed by atoms with E-state index in [0.717, 1.165) is 0 Å². The fourth-order valence-corrected chi connectivity index (χ4v) is 1.68. The van der Waals surface area contributed by atoms with Crippen LogP contribution in [-0.2, 0) is 4.74 Å². The Bertz CT molecular complexity index is 632. The van der Waals surface area contributed by atoms with Gasteiger partial charge in [0.05, 0.1) is 19.4 Å². The molecule has 0 spiro atoms. The van der Waals surface area contributed by atoms with E-state index in [1.165, 1.54) is 25.4 Å². The lowest BCUT2D eigenvalue weighted by Gasteiger charge is -2.09. The Morgan fingerprint density at radius 1 is 1.35 bits per heavy atom. The summed E-state index contributed by atoms with van der Waals surface area (Å²) in [4.78, 5) is 19.8. The molecule has 0 aliphatic rings. The van der Waals surface area contributed by atoms with Gasteiger partial charge in [-0.2, -0.15) is 4.98 Å². The predicted octanol–water partition coefficient (Wildman–Crippen LogP) is 2.47. The van der Waals surface area contributed by atoms with E-state index in [1.54, 1.807) is 19.1 Å². The molecule has 104 valence electrons. The Balaban J connectivity index is 2.59. The molecule has 0 bridgehead atoms. The van der Waals surface area contributed by atoms with Crippen LogP contribution in [0.2, 0.25) is 0 Å². The van der Waals surface area contributed by atoms with Gasteiger partial charge < -0.3 is 9.47 Å². The molecule has 0 radical (unpaired) electrons. The molecule has 0 saturated heterocycles. The zero-order chi connectivity index (χ0) is 14.5. The number of esters is 1. The third-order valence-corrected chi connectivity index (χ3v) is 2.57. The second kappa shape index (κ2) is 6.10. The van der Waals surface area contributed by atoms with Gasteiger partial charge in [0, 0.05) is 11.8 Å². The summed E-state index contributed by atoms with van der Waals surface area (Å²) in [6, 6.07) is 6.08. The summed E-state index contributed by atoms with van der Waals surface area (Å²) in [6.07, 6.45) is 1.27. The van der Waals surface area contributed by atoms with Crippen LogP contribution in [0.4, 0.5) is 4.39 Å². The monoisotopic (exact) mass is 276 g/mol. The average Bonchev–Trinajstić information content (AvgIpc) is 2.47. The first-order chi connectivity index (χ1) is 9.67. The van der Waals surface area contributed by atoms with Gasteiger partial charge in [-0.05, 0) is 19.1 Å². The second-order valence-corrected chi connectivity index (χ2v) is 3.82. The van der Waals surface area contributed by atoms with Gasteiger partial charge in [-0.1, -0.05) is 12.1 Å². The molecule has 1 aromatic heterocycles. The van der Waals surface area contributed by atoms with Crippen molar-refractivity contribution in [2.24, 2.45) is 0 Å².